The van der Waals surface area contributed by atoms with Crippen LogP contribution in [0.1, 0.15) is 5.56 Å². The maximum absolute atomic E-state index is 12.5. The Morgan fingerprint density at radius 1 is 1.22 bits per heavy atom. The van der Waals surface area contributed by atoms with Gasteiger partial charge in [-0.2, -0.15) is 14.9 Å². The molecular weight excluding hydrogens is 391 g/mol. The van der Waals surface area contributed by atoms with Gasteiger partial charge in [-0.05, 0) is 48.0 Å². The van der Waals surface area contributed by atoms with Crippen LogP contribution in [-0.2, 0) is 0 Å². The number of aromatic nitrogens is 2. The molecule has 7 nitrogen and oxygen atoms in total. The largest absolute Gasteiger partial charge is 0.506 e. The topological polar surface area (TPSA) is 88.7 Å². The Labute approximate surface area is 164 Å². The number of phenols is 1. The number of benzene rings is 2. The van der Waals surface area contributed by atoms with Crippen LogP contribution in [0.3, 0.4) is 0 Å². The quantitative estimate of drug-likeness (QED) is 0.499. The highest BCUT2D eigenvalue weighted by Crippen LogP contribution is 2.23. The van der Waals surface area contributed by atoms with E-state index in [1.165, 1.54) is 23.2 Å². The third-order valence-corrected chi connectivity index (χ3v) is 4.27. The molecule has 0 radical (unpaired) electrons. The first-order valence-corrected chi connectivity index (χ1v) is 8.45. The number of rotatable bonds is 5. The normalized spacial score (nSPS) is 10.9. The summed E-state index contributed by atoms with van der Waals surface area (Å²) >= 11 is 12.0. The van der Waals surface area contributed by atoms with Gasteiger partial charge in [0.05, 0.1) is 30.2 Å². The maximum atomic E-state index is 12.5. The van der Waals surface area contributed by atoms with Crippen molar-refractivity contribution in [3.63, 3.8) is 0 Å². The van der Waals surface area contributed by atoms with Crippen LogP contribution in [0, 0.1) is 0 Å². The smallest absolute Gasteiger partial charge is 0.292 e. The highest BCUT2D eigenvalue weighted by molar-refractivity contribution is 6.33. The van der Waals surface area contributed by atoms with Crippen molar-refractivity contribution in [1.82, 2.24) is 9.78 Å². The average molecular weight is 405 g/mol. The molecule has 1 aromatic heterocycles. The molecule has 2 aromatic carbocycles. The average Bonchev–Trinajstić information content (AvgIpc) is 2.68. The Kier molecular flexibility index (Phi) is 5.63. The van der Waals surface area contributed by atoms with Crippen LogP contribution >= 0.6 is 23.2 Å². The maximum Gasteiger partial charge on any atom is 0.292 e. The zero-order valence-electron chi connectivity index (χ0n) is 14.1. The Balaban J connectivity index is 1.81. The number of ether oxygens (including phenoxy) is 1. The number of phenolic OH excluding ortho intramolecular Hbond substituents is 1. The van der Waals surface area contributed by atoms with E-state index in [1.54, 1.807) is 43.5 Å². The molecule has 0 saturated heterocycles. The number of nitrogens with zero attached hydrogens (tertiary/aromatic N) is 3. The second kappa shape index (κ2) is 8.11. The fourth-order valence-electron chi connectivity index (χ4n) is 2.20. The Morgan fingerprint density at radius 3 is 2.63 bits per heavy atom. The molecule has 1 heterocycles. The Hall–Kier alpha value is -3.03. The van der Waals surface area contributed by atoms with E-state index in [-0.39, 0.29) is 21.5 Å². The van der Waals surface area contributed by atoms with Crippen molar-refractivity contribution in [2.24, 2.45) is 5.10 Å². The molecular formula is C18H14Cl2N4O3. The van der Waals surface area contributed by atoms with Gasteiger partial charge in [-0.3, -0.25) is 10.2 Å². The lowest BCUT2D eigenvalue weighted by molar-refractivity contribution is 0.414. The van der Waals surface area contributed by atoms with Gasteiger partial charge < -0.3 is 9.84 Å². The molecule has 3 aromatic rings. The minimum absolute atomic E-state index is 0.0174. The van der Waals surface area contributed by atoms with E-state index in [1.807, 2.05) is 0 Å². The van der Waals surface area contributed by atoms with Crippen molar-refractivity contribution in [2.75, 3.05) is 12.5 Å². The first-order chi connectivity index (χ1) is 13.0. The Bertz CT molecular complexity index is 1050. The molecule has 0 aliphatic carbocycles. The highest BCUT2D eigenvalue weighted by Gasteiger charge is 2.10. The molecule has 2 N–H and O–H groups in total. The third kappa shape index (κ3) is 4.21. The number of halogens is 2. The first kappa shape index (κ1) is 18.8. The summed E-state index contributed by atoms with van der Waals surface area (Å²) in [6.07, 6.45) is 2.87. The lowest BCUT2D eigenvalue weighted by Gasteiger charge is -2.08. The molecule has 0 aliphatic rings. The van der Waals surface area contributed by atoms with Gasteiger partial charge in [-0.1, -0.05) is 23.2 Å². The molecule has 9 heteroatoms. The van der Waals surface area contributed by atoms with E-state index in [0.29, 0.717) is 17.0 Å². The minimum Gasteiger partial charge on any atom is -0.506 e. The van der Waals surface area contributed by atoms with Crippen LogP contribution in [0.2, 0.25) is 10.0 Å². The molecule has 138 valence electrons. The molecule has 0 bridgehead atoms. The molecule has 0 fully saturated rings. The molecule has 27 heavy (non-hydrogen) atoms. The van der Waals surface area contributed by atoms with Crippen LogP contribution in [0.4, 0.5) is 5.69 Å². The summed E-state index contributed by atoms with van der Waals surface area (Å²) < 4.78 is 6.27. The lowest BCUT2D eigenvalue weighted by Crippen LogP contribution is -2.22. The standard InChI is InChI=1S/C18H14Cl2N4O3/c1-27-13-5-3-12(4-6-13)24-18(26)17(20)15(10-22-24)23-21-9-11-2-7-16(25)14(19)8-11/h2-10,23,25H,1H3/b21-9-. The van der Waals surface area contributed by atoms with Crippen molar-refractivity contribution in [3.05, 3.63) is 74.6 Å². The summed E-state index contributed by atoms with van der Waals surface area (Å²) in [5, 5.41) is 17.7. The number of aromatic hydroxyl groups is 1. The fourth-order valence-corrected chi connectivity index (χ4v) is 2.56. The highest BCUT2D eigenvalue weighted by atomic mass is 35.5. The molecule has 0 atom stereocenters. The van der Waals surface area contributed by atoms with E-state index in [0.717, 1.165) is 0 Å². The summed E-state index contributed by atoms with van der Waals surface area (Å²) in [5.74, 6) is 0.649. The van der Waals surface area contributed by atoms with Crippen LogP contribution in [0.5, 0.6) is 11.5 Å². The lowest BCUT2D eigenvalue weighted by atomic mass is 10.2. The summed E-state index contributed by atoms with van der Waals surface area (Å²) in [4.78, 5) is 12.5. The number of anilines is 1. The van der Waals surface area contributed by atoms with Gasteiger partial charge in [0, 0.05) is 0 Å². The van der Waals surface area contributed by atoms with Gasteiger partial charge in [0.2, 0.25) is 0 Å². The molecule has 0 unspecified atom stereocenters. The van der Waals surface area contributed by atoms with Crippen LogP contribution in [0.15, 0.2) is 58.6 Å². The summed E-state index contributed by atoms with van der Waals surface area (Å²) in [5.41, 5.74) is 3.64. The summed E-state index contributed by atoms with van der Waals surface area (Å²) in [7, 11) is 1.56. The molecule has 0 aliphatic heterocycles. The molecule has 0 amide bonds. The van der Waals surface area contributed by atoms with E-state index in [9.17, 15) is 9.90 Å². The summed E-state index contributed by atoms with van der Waals surface area (Å²) in [6.45, 7) is 0. The molecule has 0 saturated carbocycles. The van der Waals surface area contributed by atoms with Gasteiger partial charge in [0.15, 0.2) is 0 Å². The monoisotopic (exact) mass is 404 g/mol. The molecule has 0 spiro atoms. The first-order valence-electron chi connectivity index (χ1n) is 7.69. The zero-order chi connectivity index (χ0) is 19.4. The predicted molar refractivity (Wildman–Crippen MR) is 106 cm³/mol. The predicted octanol–water partition coefficient (Wildman–Crippen LogP) is 3.70. The van der Waals surface area contributed by atoms with Crippen molar-refractivity contribution in [3.8, 4) is 17.2 Å². The second-order valence-electron chi connectivity index (χ2n) is 5.37. The van der Waals surface area contributed by atoms with E-state index < -0.39 is 5.56 Å². The van der Waals surface area contributed by atoms with Crippen molar-refractivity contribution in [2.45, 2.75) is 0 Å². The number of nitrogens with one attached hydrogen (secondary N) is 1. The molecule has 3 rings (SSSR count). The van der Waals surface area contributed by atoms with Gasteiger partial charge in [0.1, 0.15) is 22.2 Å². The van der Waals surface area contributed by atoms with Gasteiger partial charge in [0.25, 0.3) is 5.56 Å². The second-order valence-corrected chi connectivity index (χ2v) is 6.15. The number of hydrazone groups is 1. The Morgan fingerprint density at radius 2 is 1.96 bits per heavy atom. The number of methoxy groups -OCH3 is 1. The van der Waals surface area contributed by atoms with Crippen LogP contribution < -0.4 is 15.7 Å². The van der Waals surface area contributed by atoms with Gasteiger partial charge in [-0.15, -0.1) is 0 Å². The number of hydrogen-bond acceptors (Lipinski definition) is 6. The fraction of sp³-hybridized carbons (Fsp3) is 0.0556. The van der Waals surface area contributed by atoms with E-state index in [4.69, 9.17) is 27.9 Å². The van der Waals surface area contributed by atoms with Crippen molar-refractivity contribution in [1.29, 1.82) is 0 Å². The van der Waals surface area contributed by atoms with Gasteiger partial charge in [-0.25, -0.2) is 0 Å². The third-order valence-electron chi connectivity index (χ3n) is 3.61. The zero-order valence-corrected chi connectivity index (χ0v) is 15.6. The van der Waals surface area contributed by atoms with Crippen LogP contribution in [0.25, 0.3) is 5.69 Å². The minimum atomic E-state index is -0.491. The van der Waals surface area contributed by atoms with Crippen molar-refractivity contribution < 1.29 is 9.84 Å². The van der Waals surface area contributed by atoms with E-state index >= 15 is 0 Å². The van der Waals surface area contributed by atoms with E-state index in [2.05, 4.69) is 15.6 Å². The SMILES string of the molecule is COc1ccc(-n2ncc(N/N=C\c3ccc(O)c(Cl)c3)c(Cl)c2=O)cc1. The summed E-state index contributed by atoms with van der Waals surface area (Å²) in [6, 6.07) is 11.5. The van der Waals surface area contributed by atoms with Gasteiger partial charge >= 0.3 is 0 Å². The van der Waals surface area contributed by atoms with Crippen molar-refractivity contribution >= 4 is 35.1 Å². The number of hydrogen-bond donors (Lipinski definition) is 2. The van der Waals surface area contributed by atoms with Crippen LogP contribution in [-0.4, -0.2) is 28.2 Å².